The quantitative estimate of drug-likeness (QED) is 0.882. The summed E-state index contributed by atoms with van der Waals surface area (Å²) >= 11 is 11.7. The van der Waals surface area contributed by atoms with Gasteiger partial charge in [0, 0.05) is 21.7 Å². The first-order chi connectivity index (χ1) is 7.19. The second kappa shape index (κ2) is 4.23. The zero-order chi connectivity index (χ0) is 10.8. The summed E-state index contributed by atoms with van der Waals surface area (Å²) in [4.78, 5) is 0. The molecule has 15 heavy (non-hydrogen) atoms. The average molecular weight is 244 g/mol. The van der Waals surface area contributed by atoms with Crippen LogP contribution in [0, 0.1) is 0 Å². The molecule has 0 aliphatic carbocycles. The summed E-state index contributed by atoms with van der Waals surface area (Å²) in [5, 5.41) is 13.5. The Morgan fingerprint density at radius 2 is 1.80 bits per heavy atom. The zero-order valence-electron chi connectivity index (χ0n) is 7.58. The molecule has 0 aliphatic heterocycles. The molecule has 0 amide bonds. The number of aliphatic hydroxyl groups excluding tert-OH is 1. The van der Waals surface area contributed by atoms with E-state index in [1.165, 1.54) is 0 Å². The molecule has 1 aromatic carbocycles. The van der Waals surface area contributed by atoms with E-state index in [1.54, 1.807) is 24.3 Å². The highest BCUT2D eigenvalue weighted by Gasteiger charge is 2.07. The molecule has 5 heteroatoms. The predicted molar refractivity (Wildman–Crippen MR) is 57.9 cm³/mol. The molecule has 2 aromatic rings. The highest BCUT2D eigenvalue weighted by atomic mass is 35.5. The van der Waals surface area contributed by atoms with Crippen LogP contribution in [0.2, 0.25) is 10.0 Å². The van der Waals surface area contributed by atoms with Crippen LogP contribution >= 0.6 is 23.2 Å². The molecule has 0 bridgehead atoms. The first-order valence-corrected chi connectivity index (χ1v) is 4.97. The number of hydrogen-bond donors (Lipinski definition) is 1. The first-order valence-electron chi connectivity index (χ1n) is 4.22. The maximum atomic E-state index is 8.83. The molecule has 1 N–H and O–H groups in total. The second-order valence-corrected chi connectivity index (χ2v) is 3.87. The predicted octanol–water partition coefficient (Wildman–Crippen LogP) is 3.14. The fourth-order valence-electron chi connectivity index (χ4n) is 1.22. The van der Waals surface area contributed by atoms with E-state index in [0.29, 0.717) is 21.5 Å². The number of benzene rings is 1. The second-order valence-electron chi connectivity index (χ2n) is 3.00. The lowest BCUT2D eigenvalue weighted by Gasteiger charge is -1.97. The van der Waals surface area contributed by atoms with Gasteiger partial charge in [0.1, 0.15) is 5.69 Å². The molecule has 1 aromatic heterocycles. The zero-order valence-corrected chi connectivity index (χ0v) is 9.09. The van der Waals surface area contributed by atoms with Crippen molar-refractivity contribution in [1.29, 1.82) is 0 Å². The minimum atomic E-state index is -0.155. The maximum Gasteiger partial charge on any atom is 0.167 e. The van der Waals surface area contributed by atoms with Crippen molar-refractivity contribution in [3.8, 4) is 11.3 Å². The van der Waals surface area contributed by atoms with Gasteiger partial charge < -0.3 is 9.63 Å². The normalized spacial score (nSPS) is 10.6. The number of nitrogens with zero attached hydrogens (tertiary/aromatic N) is 1. The molecule has 1 heterocycles. The van der Waals surface area contributed by atoms with Crippen LogP contribution in [0.3, 0.4) is 0 Å². The number of hydrogen-bond acceptors (Lipinski definition) is 3. The standard InChI is InChI=1S/C10H7Cl2NO2/c11-7-1-6(2-8(12)3-7)10-4-9(5-14)13-15-10/h1-4,14H,5H2. The Bertz CT molecular complexity index is 462. The summed E-state index contributed by atoms with van der Waals surface area (Å²) in [7, 11) is 0. The monoisotopic (exact) mass is 243 g/mol. The fraction of sp³-hybridized carbons (Fsp3) is 0.100. The van der Waals surface area contributed by atoms with Gasteiger partial charge in [-0.25, -0.2) is 0 Å². The Morgan fingerprint density at radius 1 is 1.13 bits per heavy atom. The Kier molecular flexibility index (Phi) is 2.95. The fourth-order valence-corrected chi connectivity index (χ4v) is 1.74. The molecule has 0 fully saturated rings. The first kappa shape index (κ1) is 10.5. The van der Waals surface area contributed by atoms with Gasteiger partial charge in [0.15, 0.2) is 5.76 Å². The van der Waals surface area contributed by atoms with Crippen molar-refractivity contribution < 1.29 is 9.63 Å². The molecular formula is C10H7Cl2NO2. The van der Waals surface area contributed by atoms with Crippen molar-refractivity contribution in [2.75, 3.05) is 0 Å². The molecule has 2 rings (SSSR count). The third kappa shape index (κ3) is 2.31. The molecule has 3 nitrogen and oxygen atoms in total. The summed E-state index contributed by atoms with van der Waals surface area (Å²) in [6.07, 6.45) is 0. The lowest BCUT2D eigenvalue weighted by atomic mass is 10.1. The number of rotatable bonds is 2. The molecule has 0 saturated carbocycles. The Hall–Kier alpha value is -1.03. The van der Waals surface area contributed by atoms with Crippen molar-refractivity contribution in [3.05, 3.63) is 40.0 Å². The average Bonchev–Trinajstić information content (AvgIpc) is 2.64. The van der Waals surface area contributed by atoms with Crippen LogP contribution in [-0.4, -0.2) is 10.3 Å². The molecule has 78 valence electrons. The van der Waals surface area contributed by atoms with Crippen molar-refractivity contribution in [3.63, 3.8) is 0 Å². The summed E-state index contributed by atoms with van der Waals surface area (Å²) < 4.78 is 5.02. The van der Waals surface area contributed by atoms with Gasteiger partial charge in [0.25, 0.3) is 0 Å². The summed E-state index contributed by atoms with van der Waals surface area (Å²) in [5.74, 6) is 0.531. The lowest BCUT2D eigenvalue weighted by Crippen LogP contribution is -1.78. The Labute approximate surface area is 96.2 Å². The van der Waals surface area contributed by atoms with Gasteiger partial charge in [-0.3, -0.25) is 0 Å². The Balaban J connectivity index is 2.44. The van der Waals surface area contributed by atoms with Crippen molar-refractivity contribution >= 4 is 23.2 Å². The van der Waals surface area contributed by atoms with Gasteiger partial charge in [-0.15, -0.1) is 0 Å². The summed E-state index contributed by atoms with van der Waals surface area (Å²) in [6, 6.07) is 6.71. The van der Waals surface area contributed by atoms with Gasteiger partial charge in [-0.05, 0) is 18.2 Å². The molecule has 0 unspecified atom stereocenters. The minimum Gasteiger partial charge on any atom is -0.390 e. The van der Waals surface area contributed by atoms with E-state index in [-0.39, 0.29) is 6.61 Å². The van der Waals surface area contributed by atoms with E-state index in [0.717, 1.165) is 5.56 Å². The molecular weight excluding hydrogens is 237 g/mol. The number of aliphatic hydroxyl groups is 1. The lowest BCUT2D eigenvalue weighted by molar-refractivity contribution is 0.267. The highest BCUT2D eigenvalue weighted by molar-refractivity contribution is 6.35. The third-order valence-corrected chi connectivity index (χ3v) is 2.30. The Morgan fingerprint density at radius 3 is 2.33 bits per heavy atom. The van der Waals surface area contributed by atoms with Crippen LogP contribution in [0.4, 0.5) is 0 Å². The van der Waals surface area contributed by atoms with E-state index in [4.69, 9.17) is 32.8 Å². The van der Waals surface area contributed by atoms with Gasteiger partial charge in [-0.2, -0.15) is 0 Å². The number of halogens is 2. The molecule has 0 radical (unpaired) electrons. The third-order valence-electron chi connectivity index (χ3n) is 1.87. The highest BCUT2D eigenvalue weighted by Crippen LogP contribution is 2.27. The van der Waals surface area contributed by atoms with Gasteiger partial charge in [0.05, 0.1) is 6.61 Å². The van der Waals surface area contributed by atoms with Crippen LogP contribution in [0.5, 0.6) is 0 Å². The van der Waals surface area contributed by atoms with Crippen LogP contribution < -0.4 is 0 Å². The van der Waals surface area contributed by atoms with Crippen LogP contribution in [0.25, 0.3) is 11.3 Å². The molecule has 0 saturated heterocycles. The summed E-state index contributed by atoms with van der Waals surface area (Å²) in [6.45, 7) is -0.155. The van der Waals surface area contributed by atoms with Crippen LogP contribution in [0.1, 0.15) is 5.69 Å². The van der Waals surface area contributed by atoms with Crippen molar-refractivity contribution in [2.24, 2.45) is 0 Å². The van der Waals surface area contributed by atoms with E-state index in [9.17, 15) is 0 Å². The molecule has 0 atom stereocenters. The van der Waals surface area contributed by atoms with Gasteiger partial charge in [0.2, 0.25) is 0 Å². The largest absolute Gasteiger partial charge is 0.390 e. The SMILES string of the molecule is OCc1cc(-c2cc(Cl)cc(Cl)c2)on1. The van der Waals surface area contributed by atoms with E-state index in [2.05, 4.69) is 5.16 Å². The van der Waals surface area contributed by atoms with Crippen molar-refractivity contribution in [2.45, 2.75) is 6.61 Å². The van der Waals surface area contributed by atoms with E-state index >= 15 is 0 Å². The van der Waals surface area contributed by atoms with Gasteiger partial charge in [-0.1, -0.05) is 28.4 Å². The minimum absolute atomic E-state index is 0.155. The van der Waals surface area contributed by atoms with Crippen LogP contribution in [0.15, 0.2) is 28.8 Å². The van der Waals surface area contributed by atoms with Gasteiger partial charge >= 0.3 is 0 Å². The summed E-state index contributed by atoms with van der Waals surface area (Å²) in [5.41, 5.74) is 1.21. The smallest absolute Gasteiger partial charge is 0.167 e. The van der Waals surface area contributed by atoms with Crippen molar-refractivity contribution in [1.82, 2.24) is 5.16 Å². The van der Waals surface area contributed by atoms with Crippen LogP contribution in [-0.2, 0) is 6.61 Å². The number of aromatic nitrogens is 1. The topological polar surface area (TPSA) is 46.3 Å². The maximum absolute atomic E-state index is 8.83. The molecule has 0 spiro atoms. The van der Waals surface area contributed by atoms with E-state index in [1.807, 2.05) is 0 Å². The molecule has 0 aliphatic rings. The van der Waals surface area contributed by atoms with E-state index < -0.39 is 0 Å².